The van der Waals surface area contributed by atoms with Crippen molar-refractivity contribution in [1.29, 1.82) is 0 Å². The molecule has 0 N–H and O–H groups in total. The lowest BCUT2D eigenvalue weighted by Crippen LogP contribution is -2.38. The maximum absolute atomic E-state index is 12.9. The molecule has 1 unspecified atom stereocenters. The van der Waals surface area contributed by atoms with Crippen LogP contribution in [0.4, 0.5) is 4.39 Å². The minimum atomic E-state index is -1.19. The van der Waals surface area contributed by atoms with Gasteiger partial charge in [-0.15, -0.1) is 0 Å². The van der Waals surface area contributed by atoms with Crippen molar-refractivity contribution in [1.82, 2.24) is 0 Å². The second-order valence-corrected chi connectivity index (χ2v) is 4.18. The molecule has 79 valence electrons. The summed E-state index contributed by atoms with van der Waals surface area (Å²) in [7, 11) is 0. The number of hydrogen-bond donors (Lipinski definition) is 0. The molecule has 0 saturated carbocycles. The fourth-order valence-corrected chi connectivity index (χ4v) is 1.50. The molecular formula is C12H12FO2. The maximum atomic E-state index is 12.9. The first-order chi connectivity index (χ1) is 6.97. The van der Waals surface area contributed by atoms with Gasteiger partial charge in [-0.25, -0.2) is 9.50 Å². The predicted molar refractivity (Wildman–Crippen MR) is 54.6 cm³/mol. The quantitative estimate of drug-likeness (QED) is 0.696. The lowest BCUT2D eigenvalue weighted by Gasteiger charge is -2.28. The summed E-state index contributed by atoms with van der Waals surface area (Å²) in [6.45, 7) is 3.13. The van der Waals surface area contributed by atoms with Gasteiger partial charge in [0.1, 0.15) is 23.3 Å². The minimum Gasteiger partial charge on any atom is -0.483 e. The molecule has 0 aliphatic carbocycles. The Morgan fingerprint density at radius 1 is 1.40 bits per heavy atom. The zero-order valence-electron chi connectivity index (χ0n) is 8.66. The molecule has 0 spiro atoms. The van der Waals surface area contributed by atoms with Gasteiger partial charge in [0.05, 0.1) is 0 Å². The van der Waals surface area contributed by atoms with Gasteiger partial charge in [0.15, 0.2) is 0 Å². The highest BCUT2D eigenvalue weighted by molar-refractivity contribution is 5.60. The van der Waals surface area contributed by atoms with Crippen LogP contribution in [0, 0.1) is 5.82 Å². The van der Waals surface area contributed by atoms with Crippen LogP contribution in [0.3, 0.4) is 0 Å². The van der Waals surface area contributed by atoms with Gasteiger partial charge in [0.25, 0.3) is 0 Å². The largest absolute Gasteiger partial charge is 0.483 e. The van der Waals surface area contributed by atoms with E-state index in [9.17, 15) is 9.50 Å². The first-order valence-corrected chi connectivity index (χ1v) is 4.81. The Bertz CT molecular complexity index is 405. The van der Waals surface area contributed by atoms with Crippen molar-refractivity contribution in [2.75, 3.05) is 0 Å². The lowest BCUT2D eigenvalue weighted by molar-refractivity contribution is -0.0638. The molecule has 1 radical (unpaired) electrons. The van der Waals surface area contributed by atoms with Crippen molar-refractivity contribution in [2.24, 2.45) is 0 Å². The first-order valence-electron chi connectivity index (χ1n) is 4.81. The van der Waals surface area contributed by atoms with E-state index in [-0.39, 0.29) is 5.82 Å². The van der Waals surface area contributed by atoms with E-state index >= 15 is 0 Å². The first kappa shape index (κ1) is 10.2. The molecule has 2 rings (SSSR count). The van der Waals surface area contributed by atoms with E-state index in [2.05, 4.69) is 0 Å². The van der Waals surface area contributed by atoms with Crippen LogP contribution >= 0.6 is 0 Å². The number of benzene rings is 1. The molecule has 3 heteroatoms. The second-order valence-electron chi connectivity index (χ2n) is 4.18. The van der Waals surface area contributed by atoms with Gasteiger partial charge in [-0.05, 0) is 38.1 Å². The number of rotatable bonds is 1. The van der Waals surface area contributed by atoms with Crippen LogP contribution in [-0.4, -0.2) is 11.7 Å². The van der Waals surface area contributed by atoms with Gasteiger partial charge in [-0.3, -0.25) is 0 Å². The topological polar surface area (TPSA) is 29.1 Å². The molecular weight excluding hydrogens is 195 g/mol. The van der Waals surface area contributed by atoms with Crippen molar-refractivity contribution in [3.63, 3.8) is 0 Å². The van der Waals surface area contributed by atoms with E-state index in [1.807, 2.05) is 0 Å². The van der Waals surface area contributed by atoms with E-state index in [0.717, 1.165) is 0 Å². The molecule has 0 bridgehead atoms. The second kappa shape index (κ2) is 3.35. The molecule has 1 aromatic carbocycles. The summed E-state index contributed by atoms with van der Waals surface area (Å²) in [5.74, 6) is 0.259. The van der Waals surface area contributed by atoms with E-state index in [0.29, 0.717) is 11.3 Å². The van der Waals surface area contributed by atoms with E-state index in [4.69, 9.17) is 4.74 Å². The summed E-state index contributed by atoms with van der Waals surface area (Å²) in [6.07, 6.45) is 2.90. The van der Waals surface area contributed by atoms with Crippen LogP contribution < -0.4 is 4.74 Å². The van der Waals surface area contributed by atoms with Gasteiger partial charge in [0, 0.05) is 5.56 Å². The third-order valence-corrected chi connectivity index (χ3v) is 2.36. The summed E-state index contributed by atoms with van der Waals surface area (Å²) >= 11 is 0. The molecule has 1 aliphatic rings. The highest BCUT2D eigenvalue weighted by Crippen LogP contribution is 2.30. The van der Waals surface area contributed by atoms with Crippen LogP contribution in [0.1, 0.15) is 19.4 Å². The summed E-state index contributed by atoms with van der Waals surface area (Å²) in [5, 5.41) is 11.7. The van der Waals surface area contributed by atoms with E-state index in [1.54, 1.807) is 32.1 Å². The number of hydrogen-bond acceptors (Lipinski definition) is 1. The monoisotopic (exact) mass is 207 g/mol. The number of halogens is 1. The molecule has 0 saturated heterocycles. The molecule has 1 heterocycles. The molecule has 2 nitrogen and oxygen atoms in total. The van der Waals surface area contributed by atoms with Gasteiger partial charge in [0.2, 0.25) is 0 Å². The Morgan fingerprint density at radius 2 is 2.13 bits per heavy atom. The predicted octanol–water partition coefficient (Wildman–Crippen LogP) is 2.81. The van der Waals surface area contributed by atoms with Crippen LogP contribution in [0.5, 0.6) is 5.75 Å². The van der Waals surface area contributed by atoms with E-state index in [1.165, 1.54) is 12.1 Å². The minimum absolute atomic E-state index is 0.304. The van der Waals surface area contributed by atoms with E-state index < -0.39 is 11.7 Å². The third-order valence-electron chi connectivity index (χ3n) is 2.36. The average Bonchev–Trinajstić information content (AvgIpc) is 2.15. The Balaban J connectivity index is 2.32. The Kier molecular flexibility index (Phi) is 2.27. The number of ether oxygens (including phenoxy) is 1. The highest BCUT2D eigenvalue weighted by atomic mass is 19.1. The molecule has 0 aromatic heterocycles. The van der Waals surface area contributed by atoms with Crippen LogP contribution in [-0.2, 0) is 5.11 Å². The summed E-state index contributed by atoms with van der Waals surface area (Å²) in [5.41, 5.74) is -0.515. The molecule has 1 aliphatic heterocycles. The fourth-order valence-electron chi connectivity index (χ4n) is 1.50. The van der Waals surface area contributed by atoms with Crippen molar-refractivity contribution in [2.45, 2.75) is 25.6 Å². The van der Waals surface area contributed by atoms with Crippen LogP contribution in [0.2, 0.25) is 0 Å². The van der Waals surface area contributed by atoms with Gasteiger partial charge >= 0.3 is 0 Å². The SMILES string of the molecule is CC(C)([O])C1C=Cc2cc(F)ccc2O1. The van der Waals surface area contributed by atoms with Crippen molar-refractivity contribution < 1.29 is 14.2 Å². The summed E-state index contributed by atoms with van der Waals surface area (Å²) < 4.78 is 18.4. The van der Waals surface area contributed by atoms with Crippen molar-refractivity contribution in [3.05, 3.63) is 35.7 Å². The zero-order valence-corrected chi connectivity index (χ0v) is 8.66. The molecule has 15 heavy (non-hydrogen) atoms. The molecule has 1 aromatic rings. The lowest BCUT2D eigenvalue weighted by atomic mass is 9.98. The molecule has 0 amide bonds. The maximum Gasteiger partial charge on any atom is 0.149 e. The fraction of sp³-hybridized carbons (Fsp3) is 0.333. The highest BCUT2D eigenvalue weighted by Gasteiger charge is 2.31. The van der Waals surface area contributed by atoms with Gasteiger partial charge < -0.3 is 4.74 Å². The smallest absolute Gasteiger partial charge is 0.149 e. The number of fused-ring (bicyclic) bond motifs is 1. The Hall–Kier alpha value is -1.35. The molecule has 1 atom stereocenters. The Labute approximate surface area is 88.0 Å². The Morgan fingerprint density at radius 3 is 2.80 bits per heavy atom. The van der Waals surface area contributed by atoms with Crippen molar-refractivity contribution in [3.8, 4) is 5.75 Å². The summed E-state index contributed by atoms with van der Waals surface area (Å²) in [4.78, 5) is 0. The summed E-state index contributed by atoms with van der Waals surface area (Å²) in [6, 6.07) is 4.26. The van der Waals surface area contributed by atoms with Gasteiger partial charge in [-0.1, -0.05) is 6.08 Å². The average molecular weight is 207 g/mol. The molecule has 0 fully saturated rings. The van der Waals surface area contributed by atoms with Crippen LogP contribution in [0.15, 0.2) is 24.3 Å². The zero-order chi connectivity index (χ0) is 11.1. The van der Waals surface area contributed by atoms with Gasteiger partial charge in [-0.2, -0.15) is 0 Å². The van der Waals surface area contributed by atoms with Crippen LogP contribution in [0.25, 0.3) is 6.08 Å². The van der Waals surface area contributed by atoms with Crippen molar-refractivity contribution >= 4 is 6.08 Å². The standard InChI is InChI=1S/C12H12FO2/c1-12(2,14)11-6-3-8-7-9(13)4-5-10(8)15-11/h3-7,11H,1-2H3. The third kappa shape index (κ3) is 2.02. The normalized spacial score (nSPS) is 19.6.